The molecule has 2 amide bonds. The first kappa shape index (κ1) is 16.5. The van der Waals surface area contributed by atoms with Gasteiger partial charge in [-0.15, -0.1) is 0 Å². The Balaban J connectivity index is 1.73. The van der Waals surface area contributed by atoms with Gasteiger partial charge in [0.05, 0.1) is 5.92 Å². The Labute approximate surface area is 132 Å². The van der Waals surface area contributed by atoms with Crippen LogP contribution in [-0.4, -0.2) is 40.3 Å². The van der Waals surface area contributed by atoms with Crippen molar-refractivity contribution in [2.75, 3.05) is 13.1 Å². The number of nitrogens with one attached hydrogen (secondary N) is 1. The first-order valence-electron chi connectivity index (χ1n) is 7.86. The van der Waals surface area contributed by atoms with Gasteiger partial charge in [0.2, 0.25) is 11.8 Å². The van der Waals surface area contributed by atoms with E-state index in [-0.39, 0.29) is 23.3 Å². The van der Waals surface area contributed by atoms with E-state index >= 15 is 0 Å². The third-order valence-corrected chi connectivity index (χ3v) is 3.94. The van der Waals surface area contributed by atoms with Gasteiger partial charge in [0.25, 0.3) is 0 Å². The van der Waals surface area contributed by atoms with Crippen molar-refractivity contribution in [1.29, 1.82) is 0 Å². The summed E-state index contributed by atoms with van der Waals surface area (Å²) in [6.07, 6.45) is 3.80. The lowest BCUT2D eigenvalue weighted by molar-refractivity contribution is -0.132. The van der Waals surface area contributed by atoms with Crippen LogP contribution in [0.5, 0.6) is 0 Å². The van der Waals surface area contributed by atoms with E-state index in [0.29, 0.717) is 19.5 Å². The number of hydrogen-bond donors (Lipinski definition) is 1. The number of carbonyl (C=O) groups is 2. The molecule has 1 unspecified atom stereocenters. The molecule has 1 saturated heterocycles. The number of aromatic nitrogens is 1. The molecular weight excluding hydrogens is 278 g/mol. The Hall–Kier alpha value is -1.91. The summed E-state index contributed by atoms with van der Waals surface area (Å²) in [5.74, 6) is -0.163. The molecule has 120 valence electrons. The zero-order valence-corrected chi connectivity index (χ0v) is 13.6. The number of carbonyl (C=O) groups excluding carboxylic acids is 2. The summed E-state index contributed by atoms with van der Waals surface area (Å²) in [6.45, 7) is 7.14. The highest BCUT2D eigenvalue weighted by atomic mass is 16.2. The first-order chi connectivity index (χ1) is 10.4. The molecule has 1 atom stereocenters. The Morgan fingerprint density at radius 1 is 1.41 bits per heavy atom. The van der Waals surface area contributed by atoms with Crippen LogP contribution in [0, 0.1) is 5.92 Å². The number of aryl methyl sites for hydroxylation is 1. The van der Waals surface area contributed by atoms with Crippen LogP contribution in [0.2, 0.25) is 0 Å². The van der Waals surface area contributed by atoms with Crippen LogP contribution in [0.1, 0.15) is 39.3 Å². The molecule has 0 spiro atoms. The molecule has 1 aliphatic rings. The smallest absolute Gasteiger partial charge is 0.225 e. The normalized spacial score (nSPS) is 18.6. The number of pyridine rings is 1. The van der Waals surface area contributed by atoms with Gasteiger partial charge in [-0.3, -0.25) is 14.6 Å². The standard InChI is InChI=1S/C17H25N3O2/c1-17(2,3)20-12-13(11-15(20)21)16(22)19-10-6-8-14-7-4-5-9-18-14/h4-5,7,9,13H,6,8,10-12H2,1-3H3,(H,19,22). The van der Waals surface area contributed by atoms with Gasteiger partial charge in [0, 0.05) is 36.9 Å². The van der Waals surface area contributed by atoms with E-state index < -0.39 is 0 Å². The van der Waals surface area contributed by atoms with Crippen LogP contribution in [0.4, 0.5) is 0 Å². The van der Waals surface area contributed by atoms with Crippen LogP contribution in [0.15, 0.2) is 24.4 Å². The average molecular weight is 303 g/mol. The molecule has 1 N–H and O–H groups in total. The average Bonchev–Trinajstić information content (AvgIpc) is 2.87. The molecule has 1 aromatic heterocycles. The van der Waals surface area contributed by atoms with Crippen molar-refractivity contribution in [3.63, 3.8) is 0 Å². The van der Waals surface area contributed by atoms with E-state index in [2.05, 4.69) is 10.3 Å². The molecule has 2 heterocycles. The van der Waals surface area contributed by atoms with Crippen LogP contribution in [-0.2, 0) is 16.0 Å². The van der Waals surface area contributed by atoms with Crippen molar-refractivity contribution in [1.82, 2.24) is 15.2 Å². The summed E-state index contributed by atoms with van der Waals surface area (Å²) >= 11 is 0. The van der Waals surface area contributed by atoms with Crippen LogP contribution in [0.3, 0.4) is 0 Å². The highest BCUT2D eigenvalue weighted by Gasteiger charge is 2.39. The van der Waals surface area contributed by atoms with Crippen molar-refractivity contribution in [3.8, 4) is 0 Å². The fraction of sp³-hybridized carbons (Fsp3) is 0.588. The Bertz CT molecular complexity index is 522. The molecule has 1 fully saturated rings. The van der Waals surface area contributed by atoms with Crippen molar-refractivity contribution >= 4 is 11.8 Å². The van der Waals surface area contributed by atoms with Crippen LogP contribution < -0.4 is 5.32 Å². The maximum Gasteiger partial charge on any atom is 0.225 e. The quantitative estimate of drug-likeness (QED) is 0.843. The van der Waals surface area contributed by atoms with Crippen molar-refractivity contribution in [2.45, 2.75) is 45.6 Å². The molecule has 0 bridgehead atoms. The van der Waals surface area contributed by atoms with Gasteiger partial charge in [-0.05, 0) is 45.7 Å². The zero-order valence-electron chi connectivity index (χ0n) is 13.6. The van der Waals surface area contributed by atoms with Gasteiger partial charge in [0.15, 0.2) is 0 Å². The number of amides is 2. The second-order valence-corrected chi connectivity index (χ2v) is 6.79. The Morgan fingerprint density at radius 2 is 2.18 bits per heavy atom. The summed E-state index contributed by atoms with van der Waals surface area (Å²) in [5, 5.41) is 2.94. The van der Waals surface area contributed by atoms with Gasteiger partial charge in [0.1, 0.15) is 0 Å². The van der Waals surface area contributed by atoms with E-state index in [1.807, 2.05) is 39.0 Å². The van der Waals surface area contributed by atoms with Crippen molar-refractivity contribution in [3.05, 3.63) is 30.1 Å². The minimum absolute atomic E-state index is 0.0129. The largest absolute Gasteiger partial charge is 0.356 e. The summed E-state index contributed by atoms with van der Waals surface area (Å²) in [7, 11) is 0. The van der Waals surface area contributed by atoms with Gasteiger partial charge in [-0.25, -0.2) is 0 Å². The molecule has 5 nitrogen and oxygen atoms in total. The van der Waals surface area contributed by atoms with Gasteiger partial charge in [-0.1, -0.05) is 6.07 Å². The van der Waals surface area contributed by atoms with Gasteiger partial charge >= 0.3 is 0 Å². The Morgan fingerprint density at radius 3 is 2.77 bits per heavy atom. The summed E-state index contributed by atoms with van der Waals surface area (Å²) in [5.41, 5.74) is 0.817. The van der Waals surface area contributed by atoms with E-state index in [1.165, 1.54) is 0 Å². The summed E-state index contributed by atoms with van der Waals surface area (Å²) in [4.78, 5) is 30.2. The maximum absolute atomic E-state index is 12.2. The lowest BCUT2D eigenvalue weighted by atomic mass is 10.1. The third-order valence-electron chi connectivity index (χ3n) is 3.94. The lowest BCUT2D eigenvalue weighted by Gasteiger charge is -2.31. The van der Waals surface area contributed by atoms with E-state index in [1.54, 1.807) is 11.1 Å². The summed E-state index contributed by atoms with van der Waals surface area (Å²) in [6, 6.07) is 5.84. The molecule has 5 heteroatoms. The molecule has 0 saturated carbocycles. The van der Waals surface area contributed by atoms with E-state index in [0.717, 1.165) is 18.5 Å². The first-order valence-corrected chi connectivity index (χ1v) is 7.86. The summed E-state index contributed by atoms with van der Waals surface area (Å²) < 4.78 is 0. The van der Waals surface area contributed by atoms with E-state index in [4.69, 9.17) is 0 Å². The second kappa shape index (κ2) is 6.90. The fourth-order valence-corrected chi connectivity index (χ4v) is 2.70. The molecule has 2 rings (SSSR count). The van der Waals surface area contributed by atoms with Crippen LogP contribution >= 0.6 is 0 Å². The topological polar surface area (TPSA) is 62.3 Å². The van der Waals surface area contributed by atoms with E-state index in [9.17, 15) is 9.59 Å². The monoisotopic (exact) mass is 303 g/mol. The number of nitrogens with zero attached hydrogens (tertiary/aromatic N) is 2. The van der Waals surface area contributed by atoms with Gasteiger partial charge < -0.3 is 10.2 Å². The number of likely N-dealkylation sites (tertiary alicyclic amines) is 1. The van der Waals surface area contributed by atoms with Crippen LogP contribution in [0.25, 0.3) is 0 Å². The maximum atomic E-state index is 12.2. The SMILES string of the molecule is CC(C)(C)N1CC(C(=O)NCCCc2ccccn2)CC1=O. The Kier molecular flexibility index (Phi) is 5.16. The number of hydrogen-bond acceptors (Lipinski definition) is 3. The zero-order chi connectivity index (χ0) is 16.2. The molecule has 0 aromatic carbocycles. The highest BCUT2D eigenvalue weighted by molar-refractivity contribution is 5.89. The molecule has 0 aliphatic carbocycles. The number of rotatable bonds is 5. The predicted molar refractivity (Wildman–Crippen MR) is 85.1 cm³/mol. The molecule has 0 radical (unpaired) electrons. The minimum Gasteiger partial charge on any atom is -0.356 e. The lowest BCUT2D eigenvalue weighted by Crippen LogP contribution is -2.43. The van der Waals surface area contributed by atoms with Gasteiger partial charge in [-0.2, -0.15) is 0 Å². The third kappa shape index (κ3) is 4.29. The highest BCUT2D eigenvalue weighted by Crippen LogP contribution is 2.25. The fourth-order valence-electron chi connectivity index (χ4n) is 2.70. The molecule has 1 aliphatic heterocycles. The van der Waals surface area contributed by atoms with Crippen molar-refractivity contribution in [2.24, 2.45) is 5.92 Å². The molecule has 1 aromatic rings. The van der Waals surface area contributed by atoms with Crippen molar-refractivity contribution < 1.29 is 9.59 Å². The minimum atomic E-state index is -0.221. The predicted octanol–water partition coefficient (Wildman–Crippen LogP) is 1.78. The second-order valence-electron chi connectivity index (χ2n) is 6.79. The molecule has 22 heavy (non-hydrogen) atoms. The molecular formula is C17H25N3O2.